The summed E-state index contributed by atoms with van der Waals surface area (Å²) in [4.78, 5) is 8.00. The molecule has 0 unspecified atom stereocenters. The first-order chi connectivity index (χ1) is 9.69. The summed E-state index contributed by atoms with van der Waals surface area (Å²) < 4.78 is 5.67. The number of benzene rings is 1. The van der Waals surface area contributed by atoms with E-state index in [4.69, 9.17) is 10.00 Å². The van der Waals surface area contributed by atoms with E-state index in [0.29, 0.717) is 24.7 Å². The monoisotopic (exact) mass is 268 g/mol. The topological polar surface area (TPSA) is 70.8 Å². The molecular formula is C15H16N4O. The predicted octanol–water partition coefficient (Wildman–Crippen LogP) is 2.46. The molecule has 0 amide bonds. The van der Waals surface area contributed by atoms with Crippen molar-refractivity contribution in [2.75, 3.05) is 18.5 Å². The van der Waals surface area contributed by atoms with E-state index in [0.717, 1.165) is 5.75 Å². The zero-order valence-corrected chi connectivity index (χ0v) is 11.6. The van der Waals surface area contributed by atoms with E-state index in [-0.39, 0.29) is 0 Å². The van der Waals surface area contributed by atoms with Gasteiger partial charge >= 0.3 is 0 Å². The Kier molecular flexibility index (Phi) is 4.51. The van der Waals surface area contributed by atoms with Crippen LogP contribution in [0.4, 0.5) is 5.82 Å². The van der Waals surface area contributed by atoms with Crippen LogP contribution in [0.2, 0.25) is 0 Å². The number of nitrogens with zero attached hydrogens (tertiary/aromatic N) is 3. The van der Waals surface area contributed by atoms with Crippen LogP contribution in [0.1, 0.15) is 16.8 Å². The van der Waals surface area contributed by atoms with Gasteiger partial charge in [0.05, 0.1) is 6.54 Å². The normalized spacial score (nSPS) is 9.85. The van der Waals surface area contributed by atoms with Gasteiger partial charge in [-0.15, -0.1) is 0 Å². The molecule has 0 bridgehead atoms. The maximum absolute atomic E-state index is 8.89. The molecule has 0 saturated carbocycles. The Balaban J connectivity index is 1.86. The molecular weight excluding hydrogens is 252 g/mol. The highest BCUT2D eigenvalue weighted by atomic mass is 16.5. The minimum Gasteiger partial charge on any atom is -0.492 e. The Morgan fingerprint density at radius 1 is 1.15 bits per heavy atom. The average Bonchev–Trinajstić information content (AvgIpc) is 2.43. The van der Waals surface area contributed by atoms with E-state index >= 15 is 0 Å². The Morgan fingerprint density at radius 2 is 1.85 bits per heavy atom. The first kappa shape index (κ1) is 13.8. The summed E-state index contributed by atoms with van der Waals surface area (Å²) in [7, 11) is 0. The van der Waals surface area contributed by atoms with E-state index in [2.05, 4.69) is 21.4 Å². The van der Waals surface area contributed by atoms with Crippen molar-refractivity contribution in [3.63, 3.8) is 0 Å². The number of anilines is 1. The predicted molar refractivity (Wildman–Crippen MR) is 76.6 cm³/mol. The fourth-order valence-corrected chi connectivity index (χ4v) is 1.90. The van der Waals surface area contributed by atoms with Crippen molar-refractivity contribution in [2.45, 2.75) is 13.8 Å². The van der Waals surface area contributed by atoms with Gasteiger partial charge in [-0.1, -0.05) is 6.07 Å². The van der Waals surface area contributed by atoms with E-state index < -0.39 is 0 Å². The molecule has 0 fully saturated rings. The molecule has 5 nitrogen and oxygen atoms in total. The van der Waals surface area contributed by atoms with Crippen LogP contribution in [0, 0.1) is 25.2 Å². The van der Waals surface area contributed by atoms with E-state index in [1.165, 1.54) is 17.3 Å². The van der Waals surface area contributed by atoms with Crippen molar-refractivity contribution in [1.82, 2.24) is 9.97 Å². The van der Waals surface area contributed by atoms with Crippen LogP contribution in [0.3, 0.4) is 0 Å². The van der Waals surface area contributed by atoms with E-state index in [1.807, 2.05) is 32.0 Å². The number of hydrogen-bond acceptors (Lipinski definition) is 5. The molecule has 0 aliphatic carbocycles. The van der Waals surface area contributed by atoms with Crippen molar-refractivity contribution in [1.29, 1.82) is 5.26 Å². The number of aromatic nitrogens is 2. The van der Waals surface area contributed by atoms with Crippen molar-refractivity contribution < 1.29 is 4.74 Å². The van der Waals surface area contributed by atoms with Gasteiger partial charge in [0.1, 0.15) is 18.4 Å². The van der Waals surface area contributed by atoms with Gasteiger partial charge in [-0.05, 0) is 37.1 Å². The number of ether oxygens (including phenoxy) is 1. The van der Waals surface area contributed by atoms with Crippen LogP contribution in [-0.4, -0.2) is 23.1 Å². The second kappa shape index (κ2) is 6.53. The maximum Gasteiger partial charge on any atom is 0.182 e. The summed E-state index contributed by atoms with van der Waals surface area (Å²) in [5.41, 5.74) is 2.64. The quantitative estimate of drug-likeness (QED) is 0.843. The van der Waals surface area contributed by atoms with Gasteiger partial charge in [0.2, 0.25) is 0 Å². The fourth-order valence-electron chi connectivity index (χ4n) is 1.90. The standard InChI is InChI=1S/C15H16N4O/c1-11-7-12(2)9-13(8-11)20-6-5-19-15-14(10-16)17-3-4-18-15/h3-4,7-9H,5-6H2,1-2H3,(H,18,19). The van der Waals surface area contributed by atoms with E-state index in [1.54, 1.807) is 6.20 Å². The summed E-state index contributed by atoms with van der Waals surface area (Å²) >= 11 is 0. The van der Waals surface area contributed by atoms with Crippen molar-refractivity contribution in [3.8, 4) is 11.8 Å². The molecule has 5 heteroatoms. The van der Waals surface area contributed by atoms with Crippen LogP contribution in [0.15, 0.2) is 30.6 Å². The maximum atomic E-state index is 8.89. The Morgan fingerprint density at radius 3 is 2.55 bits per heavy atom. The van der Waals surface area contributed by atoms with Gasteiger partial charge in [0.15, 0.2) is 11.5 Å². The summed E-state index contributed by atoms with van der Waals surface area (Å²) in [5, 5.41) is 11.9. The third kappa shape index (κ3) is 3.69. The fraction of sp³-hybridized carbons (Fsp3) is 0.267. The second-order valence-electron chi connectivity index (χ2n) is 4.46. The summed E-state index contributed by atoms with van der Waals surface area (Å²) in [6.07, 6.45) is 3.05. The minimum atomic E-state index is 0.291. The molecule has 0 atom stereocenters. The highest BCUT2D eigenvalue weighted by Gasteiger charge is 2.03. The number of rotatable bonds is 5. The molecule has 2 rings (SSSR count). The van der Waals surface area contributed by atoms with Crippen LogP contribution >= 0.6 is 0 Å². The SMILES string of the molecule is Cc1cc(C)cc(OCCNc2nccnc2C#N)c1. The Hall–Kier alpha value is -2.61. The first-order valence-electron chi connectivity index (χ1n) is 6.35. The molecule has 0 aliphatic heterocycles. The van der Waals surface area contributed by atoms with Crippen LogP contribution in [-0.2, 0) is 0 Å². The molecule has 102 valence electrons. The highest BCUT2D eigenvalue weighted by Crippen LogP contribution is 2.16. The minimum absolute atomic E-state index is 0.291. The summed E-state index contributed by atoms with van der Waals surface area (Å²) in [6.45, 7) is 5.12. The Labute approximate surface area is 118 Å². The molecule has 0 radical (unpaired) electrons. The molecule has 0 spiro atoms. The molecule has 1 aromatic carbocycles. The van der Waals surface area contributed by atoms with Crippen molar-refractivity contribution in [2.24, 2.45) is 0 Å². The number of aryl methyl sites for hydroxylation is 2. The zero-order chi connectivity index (χ0) is 14.4. The molecule has 1 aromatic heterocycles. The third-order valence-electron chi connectivity index (χ3n) is 2.66. The molecule has 0 aliphatic rings. The lowest BCUT2D eigenvalue weighted by molar-refractivity contribution is 0.332. The van der Waals surface area contributed by atoms with E-state index in [9.17, 15) is 0 Å². The number of nitriles is 1. The summed E-state index contributed by atoms with van der Waals surface area (Å²) in [6, 6.07) is 8.09. The first-order valence-corrected chi connectivity index (χ1v) is 6.35. The van der Waals surface area contributed by atoms with Crippen molar-refractivity contribution >= 4 is 5.82 Å². The molecule has 1 heterocycles. The lowest BCUT2D eigenvalue weighted by atomic mass is 10.1. The van der Waals surface area contributed by atoms with Crippen molar-refractivity contribution in [3.05, 3.63) is 47.4 Å². The number of nitrogens with one attached hydrogen (secondary N) is 1. The van der Waals surface area contributed by atoms with Gasteiger partial charge in [0.25, 0.3) is 0 Å². The smallest absolute Gasteiger partial charge is 0.182 e. The zero-order valence-electron chi connectivity index (χ0n) is 11.6. The van der Waals surface area contributed by atoms with Gasteiger partial charge in [-0.3, -0.25) is 0 Å². The molecule has 2 aromatic rings. The lowest BCUT2D eigenvalue weighted by Crippen LogP contribution is -2.13. The highest BCUT2D eigenvalue weighted by molar-refractivity contribution is 5.46. The molecule has 0 saturated heterocycles. The molecule has 20 heavy (non-hydrogen) atoms. The van der Waals surface area contributed by atoms with Crippen LogP contribution in [0.25, 0.3) is 0 Å². The van der Waals surface area contributed by atoms with Gasteiger partial charge < -0.3 is 10.1 Å². The lowest BCUT2D eigenvalue weighted by Gasteiger charge is -2.09. The van der Waals surface area contributed by atoms with Crippen LogP contribution in [0.5, 0.6) is 5.75 Å². The summed E-state index contributed by atoms with van der Waals surface area (Å²) in [5.74, 6) is 1.34. The number of hydrogen-bond donors (Lipinski definition) is 1. The molecule has 1 N–H and O–H groups in total. The second-order valence-corrected chi connectivity index (χ2v) is 4.46. The largest absolute Gasteiger partial charge is 0.492 e. The third-order valence-corrected chi connectivity index (χ3v) is 2.66. The Bertz CT molecular complexity index is 614. The van der Waals surface area contributed by atoms with Gasteiger partial charge in [-0.2, -0.15) is 5.26 Å². The van der Waals surface area contributed by atoms with Crippen LogP contribution < -0.4 is 10.1 Å². The van der Waals surface area contributed by atoms with Gasteiger partial charge in [0, 0.05) is 12.4 Å². The average molecular weight is 268 g/mol. The van der Waals surface area contributed by atoms with Gasteiger partial charge in [-0.25, -0.2) is 9.97 Å².